The summed E-state index contributed by atoms with van der Waals surface area (Å²) in [7, 11) is 1.69. The third kappa shape index (κ3) is 3.28. The van der Waals surface area contributed by atoms with Crippen LogP contribution < -0.4 is 0 Å². The minimum atomic E-state index is -1.03. The van der Waals surface area contributed by atoms with E-state index in [1.165, 1.54) is 6.07 Å². The van der Waals surface area contributed by atoms with E-state index in [1.54, 1.807) is 18.9 Å². The van der Waals surface area contributed by atoms with Gasteiger partial charge in [-0.2, -0.15) is 0 Å². The third-order valence-electron chi connectivity index (χ3n) is 4.37. The molecule has 2 heterocycles. The number of para-hydroxylation sites is 1. The smallest absolute Gasteiger partial charge is 0.339 e. The van der Waals surface area contributed by atoms with Crippen molar-refractivity contribution in [2.75, 3.05) is 7.05 Å². The summed E-state index contributed by atoms with van der Waals surface area (Å²) in [6.45, 7) is 3.79. The second kappa shape index (κ2) is 6.47. The average Bonchev–Trinajstić information content (AvgIpc) is 3.07. The number of hydrogen-bond donors (Lipinski definition) is 2. The molecule has 0 radical (unpaired) electrons. The summed E-state index contributed by atoms with van der Waals surface area (Å²) in [6, 6.07) is 9.36. The van der Waals surface area contributed by atoms with Gasteiger partial charge in [-0.25, -0.2) is 4.79 Å². The highest BCUT2D eigenvalue weighted by molar-refractivity contribution is 5.90. The van der Waals surface area contributed by atoms with E-state index in [1.807, 2.05) is 31.2 Å². The van der Waals surface area contributed by atoms with E-state index in [0.717, 1.165) is 22.2 Å². The lowest BCUT2D eigenvalue weighted by Crippen LogP contribution is -2.27. The lowest BCUT2D eigenvalue weighted by Gasteiger charge is -2.16. The first kappa shape index (κ1) is 16.8. The maximum Gasteiger partial charge on any atom is 0.339 e. The molecule has 3 aromatic rings. The van der Waals surface area contributed by atoms with Crippen molar-refractivity contribution in [3.8, 4) is 0 Å². The predicted molar refractivity (Wildman–Crippen MR) is 93.6 cm³/mol. The number of aromatic nitrogens is 1. The number of nitrogens with one attached hydrogen (secondary N) is 1. The zero-order chi connectivity index (χ0) is 18.1. The van der Waals surface area contributed by atoms with Gasteiger partial charge in [-0.1, -0.05) is 18.2 Å². The first-order valence-electron chi connectivity index (χ1n) is 7.99. The van der Waals surface area contributed by atoms with Crippen molar-refractivity contribution in [1.82, 2.24) is 9.88 Å². The Bertz CT molecular complexity index is 952. The Morgan fingerprint density at radius 2 is 1.96 bits per heavy atom. The average molecular weight is 340 g/mol. The van der Waals surface area contributed by atoms with E-state index >= 15 is 0 Å². The molecule has 0 aliphatic heterocycles. The number of H-pyrrole nitrogens is 1. The van der Waals surface area contributed by atoms with Gasteiger partial charge in [0, 0.05) is 23.6 Å². The number of carbonyl (C=O) groups is 2. The molecular formula is C19H20N2O4. The van der Waals surface area contributed by atoms with Gasteiger partial charge in [-0.05, 0) is 31.5 Å². The predicted octanol–water partition coefficient (Wildman–Crippen LogP) is 3.28. The number of likely N-dealkylation sites (N-methyl/N-ethyl adjacent to an activating group) is 1. The number of carboxylic acid groups (broad SMARTS) is 1. The minimum absolute atomic E-state index is 0.0567. The number of nitrogens with zero attached hydrogens (tertiary/aromatic N) is 1. The van der Waals surface area contributed by atoms with Crippen molar-refractivity contribution in [3.05, 3.63) is 58.7 Å². The van der Waals surface area contributed by atoms with E-state index < -0.39 is 5.97 Å². The van der Waals surface area contributed by atoms with Gasteiger partial charge in [0.2, 0.25) is 5.91 Å². The van der Waals surface area contributed by atoms with Crippen LogP contribution in [0.5, 0.6) is 0 Å². The highest BCUT2D eigenvalue weighted by atomic mass is 16.4. The van der Waals surface area contributed by atoms with Crippen LogP contribution in [0.25, 0.3) is 10.9 Å². The first-order chi connectivity index (χ1) is 11.9. The highest BCUT2D eigenvalue weighted by Gasteiger charge is 2.19. The van der Waals surface area contributed by atoms with Crippen molar-refractivity contribution in [2.24, 2.45) is 0 Å². The Balaban J connectivity index is 1.75. The molecule has 0 atom stereocenters. The Morgan fingerprint density at radius 1 is 1.24 bits per heavy atom. The van der Waals surface area contributed by atoms with Gasteiger partial charge in [0.05, 0.1) is 13.0 Å². The molecule has 0 bridgehead atoms. The second-order valence-corrected chi connectivity index (χ2v) is 6.19. The molecule has 1 aromatic carbocycles. The number of aryl methyl sites for hydroxylation is 2. The van der Waals surface area contributed by atoms with Gasteiger partial charge in [0.25, 0.3) is 0 Å². The number of aromatic carboxylic acids is 1. The van der Waals surface area contributed by atoms with Crippen LogP contribution >= 0.6 is 0 Å². The maximum atomic E-state index is 12.6. The van der Waals surface area contributed by atoms with Crippen molar-refractivity contribution >= 4 is 22.8 Å². The zero-order valence-corrected chi connectivity index (χ0v) is 14.4. The van der Waals surface area contributed by atoms with Crippen LogP contribution in [-0.2, 0) is 17.8 Å². The van der Waals surface area contributed by atoms with Crippen molar-refractivity contribution in [1.29, 1.82) is 0 Å². The quantitative estimate of drug-likeness (QED) is 0.746. The summed E-state index contributed by atoms with van der Waals surface area (Å²) in [5.41, 5.74) is 3.10. The molecule has 0 aliphatic carbocycles. The molecule has 6 nitrogen and oxygen atoms in total. The topological polar surface area (TPSA) is 86.5 Å². The Morgan fingerprint density at radius 3 is 2.64 bits per heavy atom. The fraction of sp³-hybridized carbons (Fsp3) is 0.263. The number of aromatic amines is 1. The van der Waals surface area contributed by atoms with E-state index in [-0.39, 0.29) is 24.4 Å². The summed E-state index contributed by atoms with van der Waals surface area (Å²) in [4.78, 5) is 28.5. The van der Waals surface area contributed by atoms with Crippen molar-refractivity contribution < 1.29 is 19.1 Å². The van der Waals surface area contributed by atoms with E-state index in [2.05, 4.69) is 4.98 Å². The second-order valence-electron chi connectivity index (χ2n) is 6.19. The molecule has 6 heteroatoms. The molecule has 1 amide bonds. The molecule has 2 aromatic heterocycles. The van der Waals surface area contributed by atoms with Gasteiger partial charge in [0.1, 0.15) is 17.1 Å². The molecule has 0 saturated carbocycles. The van der Waals surface area contributed by atoms with Gasteiger partial charge in [0.15, 0.2) is 0 Å². The molecule has 2 N–H and O–H groups in total. The first-order valence-corrected chi connectivity index (χ1v) is 7.99. The van der Waals surface area contributed by atoms with Crippen LogP contribution in [0.4, 0.5) is 0 Å². The maximum absolute atomic E-state index is 12.6. The van der Waals surface area contributed by atoms with E-state index in [0.29, 0.717) is 11.5 Å². The van der Waals surface area contributed by atoms with Crippen molar-refractivity contribution in [2.45, 2.75) is 26.8 Å². The van der Waals surface area contributed by atoms with Gasteiger partial charge >= 0.3 is 5.97 Å². The standard InChI is InChI=1S/C19H20N2O4/c1-11-15(14-6-4-5-7-17(14)20-11)9-18(22)21(3)10-13-8-16(19(23)24)12(2)25-13/h4-8,20H,9-10H2,1-3H3,(H,23,24). The minimum Gasteiger partial charge on any atom is -0.478 e. The highest BCUT2D eigenvalue weighted by Crippen LogP contribution is 2.23. The molecule has 0 saturated heterocycles. The molecule has 0 unspecified atom stereocenters. The summed E-state index contributed by atoms with van der Waals surface area (Å²) in [5, 5.41) is 10.1. The van der Waals surface area contributed by atoms with Crippen LogP contribution in [0.3, 0.4) is 0 Å². The number of hydrogen-bond acceptors (Lipinski definition) is 3. The van der Waals surface area contributed by atoms with Crippen LogP contribution in [0.15, 0.2) is 34.7 Å². The fourth-order valence-electron chi connectivity index (χ4n) is 3.00. The number of carboxylic acids is 1. The molecule has 25 heavy (non-hydrogen) atoms. The lowest BCUT2D eigenvalue weighted by atomic mass is 10.1. The number of rotatable bonds is 5. The van der Waals surface area contributed by atoms with Crippen LogP contribution in [0.2, 0.25) is 0 Å². The SMILES string of the molecule is Cc1[nH]c2ccccc2c1CC(=O)N(C)Cc1cc(C(=O)O)c(C)o1. The molecule has 0 fully saturated rings. The summed E-state index contributed by atoms with van der Waals surface area (Å²) < 4.78 is 5.45. The fourth-order valence-corrected chi connectivity index (χ4v) is 3.00. The van der Waals surface area contributed by atoms with Crippen LogP contribution in [0.1, 0.15) is 33.1 Å². The number of fused-ring (bicyclic) bond motifs is 1. The molecule has 0 aliphatic rings. The van der Waals surface area contributed by atoms with Gasteiger partial charge in [-0.3, -0.25) is 4.79 Å². The van der Waals surface area contributed by atoms with Gasteiger partial charge in [-0.15, -0.1) is 0 Å². The van der Waals surface area contributed by atoms with E-state index in [9.17, 15) is 9.59 Å². The van der Waals surface area contributed by atoms with Crippen LogP contribution in [-0.4, -0.2) is 33.9 Å². The molecule has 3 rings (SSSR count). The third-order valence-corrected chi connectivity index (χ3v) is 4.37. The Hall–Kier alpha value is -3.02. The molecule has 0 spiro atoms. The molecular weight excluding hydrogens is 320 g/mol. The number of benzene rings is 1. The zero-order valence-electron chi connectivity index (χ0n) is 14.4. The Labute approximate surface area is 145 Å². The van der Waals surface area contributed by atoms with Crippen LogP contribution in [0, 0.1) is 13.8 Å². The molecule has 130 valence electrons. The lowest BCUT2D eigenvalue weighted by molar-refractivity contribution is -0.129. The summed E-state index contributed by atoms with van der Waals surface area (Å²) in [6.07, 6.45) is 0.276. The van der Waals surface area contributed by atoms with E-state index in [4.69, 9.17) is 9.52 Å². The summed E-state index contributed by atoms with van der Waals surface area (Å²) in [5.74, 6) is -0.285. The van der Waals surface area contributed by atoms with Gasteiger partial charge < -0.3 is 19.4 Å². The number of amides is 1. The summed E-state index contributed by atoms with van der Waals surface area (Å²) >= 11 is 0. The largest absolute Gasteiger partial charge is 0.478 e. The normalized spacial score (nSPS) is 11.0. The number of furan rings is 1. The monoisotopic (exact) mass is 340 g/mol. The van der Waals surface area contributed by atoms with Crippen molar-refractivity contribution in [3.63, 3.8) is 0 Å². The number of carbonyl (C=O) groups excluding carboxylic acids is 1. The Kier molecular flexibility index (Phi) is 4.35.